The van der Waals surface area contributed by atoms with E-state index >= 15 is 0 Å². The lowest BCUT2D eigenvalue weighted by Crippen LogP contribution is -2.45. The first-order chi connectivity index (χ1) is 11.4. The molecule has 0 spiro atoms. The van der Waals surface area contributed by atoms with Crippen LogP contribution >= 0.6 is 0 Å². The quantitative estimate of drug-likeness (QED) is 0.609. The molecule has 1 aromatic carbocycles. The molecule has 1 aliphatic rings. The molecule has 0 saturated heterocycles. The van der Waals surface area contributed by atoms with Crippen molar-refractivity contribution in [3.05, 3.63) is 38.9 Å². The molecule has 0 saturated carbocycles. The van der Waals surface area contributed by atoms with Crippen molar-refractivity contribution in [1.82, 2.24) is 4.90 Å². The third-order valence-electron chi connectivity index (χ3n) is 4.45. The molecule has 0 atom stereocenters. The maximum absolute atomic E-state index is 12.9. The Balaban J connectivity index is 2.48. The van der Waals surface area contributed by atoms with E-state index in [9.17, 15) is 24.8 Å². The second-order valence-electron chi connectivity index (χ2n) is 6.06. The number of carboxylic acid groups (broad SMARTS) is 1. The second-order valence-corrected chi connectivity index (χ2v) is 6.06. The summed E-state index contributed by atoms with van der Waals surface area (Å²) >= 11 is 0. The van der Waals surface area contributed by atoms with E-state index in [0.29, 0.717) is 18.5 Å². The number of hydrogen-bond acceptors (Lipinski definition) is 4. The highest BCUT2D eigenvalue weighted by Gasteiger charge is 2.33. The lowest BCUT2D eigenvalue weighted by molar-refractivity contribution is -0.384. The molecule has 0 bridgehead atoms. The van der Waals surface area contributed by atoms with Crippen molar-refractivity contribution in [1.29, 1.82) is 0 Å². The molecule has 1 heterocycles. The van der Waals surface area contributed by atoms with Gasteiger partial charge in [0.15, 0.2) is 0 Å². The van der Waals surface area contributed by atoms with Crippen LogP contribution in [0, 0.1) is 10.1 Å². The van der Waals surface area contributed by atoms with Crippen LogP contribution in [0.15, 0.2) is 12.1 Å². The summed E-state index contributed by atoms with van der Waals surface area (Å²) < 4.78 is 0. The van der Waals surface area contributed by atoms with Gasteiger partial charge in [-0.2, -0.15) is 0 Å². The standard InChI is InChI=1S/C17H22N2O5/c1-3-5-11(6-4-2)18-8-7-13-14(16(18)20)9-12(19(23)24)10-15(13)17(21)22/h9-11H,3-8H2,1-2H3,(H,21,22). The normalized spacial score (nSPS) is 14.0. The summed E-state index contributed by atoms with van der Waals surface area (Å²) in [6.45, 7) is 4.56. The Kier molecular flexibility index (Phi) is 5.54. The highest BCUT2D eigenvalue weighted by Crippen LogP contribution is 2.30. The number of non-ortho nitro benzene ring substituents is 1. The minimum Gasteiger partial charge on any atom is -0.478 e. The number of rotatable bonds is 7. The molecule has 1 aliphatic heterocycles. The third-order valence-corrected chi connectivity index (χ3v) is 4.45. The predicted octanol–water partition coefficient (Wildman–Crippen LogP) is 3.26. The van der Waals surface area contributed by atoms with E-state index < -0.39 is 10.9 Å². The molecule has 1 aromatic rings. The number of benzene rings is 1. The van der Waals surface area contributed by atoms with Gasteiger partial charge in [-0.3, -0.25) is 14.9 Å². The summed E-state index contributed by atoms with van der Waals surface area (Å²) in [5.74, 6) is -1.54. The molecular formula is C17H22N2O5. The molecule has 24 heavy (non-hydrogen) atoms. The Bertz CT molecular complexity index is 665. The summed E-state index contributed by atoms with van der Waals surface area (Å²) in [5, 5.41) is 20.4. The lowest BCUT2D eigenvalue weighted by atomic mass is 9.91. The van der Waals surface area contributed by atoms with Crippen molar-refractivity contribution in [2.75, 3.05) is 6.54 Å². The van der Waals surface area contributed by atoms with Crippen molar-refractivity contribution in [3.63, 3.8) is 0 Å². The van der Waals surface area contributed by atoms with Crippen molar-refractivity contribution in [2.24, 2.45) is 0 Å². The van der Waals surface area contributed by atoms with Crippen LogP contribution in [0.4, 0.5) is 5.69 Å². The number of carbonyl (C=O) groups is 2. The van der Waals surface area contributed by atoms with Crippen LogP contribution in [0.25, 0.3) is 0 Å². The third kappa shape index (κ3) is 3.39. The van der Waals surface area contributed by atoms with Crippen LogP contribution in [0.5, 0.6) is 0 Å². The number of carbonyl (C=O) groups excluding carboxylic acids is 1. The maximum atomic E-state index is 12.9. The van der Waals surface area contributed by atoms with Crippen molar-refractivity contribution in [2.45, 2.75) is 52.0 Å². The van der Waals surface area contributed by atoms with Gasteiger partial charge in [-0.15, -0.1) is 0 Å². The molecule has 0 aromatic heterocycles. The largest absolute Gasteiger partial charge is 0.478 e. The highest BCUT2D eigenvalue weighted by molar-refractivity contribution is 6.02. The fourth-order valence-corrected chi connectivity index (χ4v) is 3.37. The van der Waals surface area contributed by atoms with E-state index in [1.807, 2.05) is 0 Å². The van der Waals surface area contributed by atoms with Gasteiger partial charge in [0.25, 0.3) is 11.6 Å². The fraction of sp³-hybridized carbons (Fsp3) is 0.529. The van der Waals surface area contributed by atoms with E-state index in [1.54, 1.807) is 4.90 Å². The van der Waals surface area contributed by atoms with Crippen molar-refractivity contribution < 1.29 is 19.6 Å². The van der Waals surface area contributed by atoms with E-state index in [0.717, 1.165) is 31.7 Å². The van der Waals surface area contributed by atoms with E-state index in [2.05, 4.69) is 13.8 Å². The zero-order chi connectivity index (χ0) is 17.9. The number of carboxylic acids is 1. The number of nitro groups is 1. The van der Waals surface area contributed by atoms with Gasteiger partial charge < -0.3 is 10.0 Å². The molecule has 7 nitrogen and oxygen atoms in total. The lowest BCUT2D eigenvalue weighted by Gasteiger charge is -2.36. The van der Waals surface area contributed by atoms with Gasteiger partial charge in [0.2, 0.25) is 0 Å². The summed E-state index contributed by atoms with van der Waals surface area (Å²) in [7, 11) is 0. The highest BCUT2D eigenvalue weighted by atomic mass is 16.6. The molecular weight excluding hydrogens is 312 g/mol. The van der Waals surface area contributed by atoms with E-state index in [-0.39, 0.29) is 28.8 Å². The van der Waals surface area contributed by atoms with Gasteiger partial charge in [-0.25, -0.2) is 4.79 Å². The smallest absolute Gasteiger partial charge is 0.336 e. The minimum absolute atomic E-state index is 0.0909. The number of aromatic carboxylic acids is 1. The first-order valence-corrected chi connectivity index (χ1v) is 8.26. The zero-order valence-corrected chi connectivity index (χ0v) is 13.9. The molecule has 1 N–H and O–H groups in total. The molecule has 0 radical (unpaired) electrons. The van der Waals surface area contributed by atoms with Gasteiger partial charge in [0.05, 0.1) is 16.1 Å². The Morgan fingerprint density at radius 1 is 1.33 bits per heavy atom. The average molecular weight is 334 g/mol. The molecule has 0 unspecified atom stereocenters. The van der Waals surface area contributed by atoms with Gasteiger partial charge >= 0.3 is 5.97 Å². The first-order valence-electron chi connectivity index (χ1n) is 8.26. The summed E-state index contributed by atoms with van der Waals surface area (Å²) in [6.07, 6.45) is 4.03. The Hall–Kier alpha value is -2.44. The Morgan fingerprint density at radius 3 is 2.46 bits per heavy atom. The summed E-state index contributed by atoms with van der Waals surface area (Å²) in [6, 6.07) is 2.35. The molecule has 0 fully saturated rings. The molecule has 0 aliphatic carbocycles. The predicted molar refractivity (Wildman–Crippen MR) is 88.4 cm³/mol. The fourth-order valence-electron chi connectivity index (χ4n) is 3.37. The topological polar surface area (TPSA) is 101 Å². The van der Waals surface area contributed by atoms with Crippen molar-refractivity contribution in [3.8, 4) is 0 Å². The molecule has 130 valence electrons. The summed E-state index contributed by atoms with van der Waals surface area (Å²) in [5.41, 5.74) is 0.0600. The van der Waals surface area contributed by atoms with Gasteiger partial charge in [-0.05, 0) is 24.8 Å². The maximum Gasteiger partial charge on any atom is 0.336 e. The Morgan fingerprint density at radius 2 is 1.96 bits per heavy atom. The summed E-state index contributed by atoms with van der Waals surface area (Å²) in [4.78, 5) is 36.5. The molecule has 7 heteroatoms. The van der Waals surface area contributed by atoms with Crippen LogP contribution in [0.1, 0.15) is 65.8 Å². The monoisotopic (exact) mass is 334 g/mol. The van der Waals surface area contributed by atoms with Gasteiger partial charge in [0, 0.05) is 24.7 Å². The van der Waals surface area contributed by atoms with Crippen LogP contribution in [0.2, 0.25) is 0 Å². The van der Waals surface area contributed by atoms with E-state index in [1.165, 1.54) is 6.07 Å². The van der Waals surface area contributed by atoms with Gasteiger partial charge in [-0.1, -0.05) is 26.7 Å². The zero-order valence-electron chi connectivity index (χ0n) is 13.9. The Labute approximate surface area is 140 Å². The second kappa shape index (κ2) is 7.42. The number of fused-ring (bicyclic) bond motifs is 1. The minimum atomic E-state index is -1.24. The van der Waals surface area contributed by atoms with Gasteiger partial charge in [0.1, 0.15) is 0 Å². The SMILES string of the molecule is CCCC(CCC)N1CCc2c(C(=O)O)cc([N+](=O)[O-])cc2C1=O. The van der Waals surface area contributed by atoms with Crippen LogP contribution in [-0.2, 0) is 6.42 Å². The molecule has 1 amide bonds. The van der Waals surface area contributed by atoms with E-state index in [4.69, 9.17) is 0 Å². The van der Waals surface area contributed by atoms with Crippen molar-refractivity contribution >= 4 is 17.6 Å². The van der Waals surface area contributed by atoms with Crippen LogP contribution in [-0.4, -0.2) is 39.4 Å². The number of nitrogens with zero attached hydrogens (tertiary/aromatic N) is 2. The number of nitro benzene ring substituents is 1. The number of amides is 1. The van der Waals surface area contributed by atoms with Crippen LogP contribution in [0.3, 0.4) is 0 Å². The molecule has 2 rings (SSSR count). The average Bonchev–Trinajstić information content (AvgIpc) is 2.54. The first kappa shape index (κ1) is 17.9. The van der Waals surface area contributed by atoms with Crippen LogP contribution < -0.4 is 0 Å². The number of hydrogen-bond donors (Lipinski definition) is 1.